The number of benzene rings is 3. The van der Waals surface area contributed by atoms with Crippen molar-refractivity contribution in [2.24, 2.45) is 5.73 Å². The van der Waals surface area contributed by atoms with Crippen LogP contribution in [-0.4, -0.2) is 26.3 Å². The van der Waals surface area contributed by atoms with Gasteiger partial charge in [0.2, 0.25) is 5.88 Å². The van der Waals surface area contributed by atoms with Crippen LogP contribution in [0.15, 0.2) is 66.1 Å². The number of methoxy groups -OCH3 is 1. The van der Waals surface area contributed by atoms with Gasteiger partial charge in [0.15, 0.2) is 18.1 Å². The Labute approximate surface area is 241 Å². The van der Waals surface area contributed by atoms with Gasteiger partial charge >= 0.3 is 5.97 Å². The number of rotatable bonds is 12. The number of allylic oxidation sites excluding steroid dienone is 1. The van der Waals surface area contributed by atoms with Crippen LogP contribution >= 0.6 is 0 Å². The van der Waals surface area contributed by atoms with Crippen molar-refractivity contribution >= 4 is 5.97 Å². The molecule has 1 heterocycles. The first-order valence-corrected chi connectivity index (χ1v) is 13.8. The Morgan fingerprint density at radius 2 is 1.78 bits per heavy atom. The lowest BCUT2D eigenvalue weighted by Crippen LogP contribution is -2.22. The molecule has 8 nitrogen and oxygen atoms in total. The molecule has 0 aliphatic carbocycles. The first kappa shape index (κ1) is 29.3. The van der Waals surface area contributed by atoms with Crippen LogP contribution in [0.25, 0.3) is 0 Å². The molecule has 3 aromatic carbocycles. The summed E-state index contributed by atoms with van der Waals surface area (Å²) in [6.45, 7) is 6.36. The van der Waals surface area contributed by atoms with E-state index in [0.717, 1.165) is 36.0 Å². The van der Waals surface area contributed by atoms with Crippen molar-refractivity contribution in [1.29, 1.82) is 5.26 Å². The van der Waals surface area contributed by atoms with Crippen molar-refractivity contribution in [3.05, 3.63) is 88.3 Å². The van der Waals surface area contributed by atoms with E-state index in [-0.39, 0.29) is 23.8 Å². The first-order chi connectivity index (χ1) is 19.9. The van der Waals surface area contributed by atoms with E-state index in [1.807, 2.05) is 50.2 Å². The van der Waals surface area contributed by atoms with E-state index in [4.69, 9.17) is 29.4 Å². The van der Waals surface area contributed by atoms with Gasteiger partial charge in [-0.2, -0.15) is 5.26 Å². The molecular weight excluding hydrogens is 520 g/mol. The van der Waals surface area contributed by atoms with Crippen molar-refractivity contribution in [1.82, 2.24) is 0 Å². The molecule has 1 unspecified atom stereocenters. The fourth-order valence-corrected chi connectivity index (χ4v) is 4.85. The van der Waals surface area contributed by atoms with Crippen LogP contribution in [0, 0.1) is 25.2 Å². The van der Waals surface area contributed by atoms with Crippen molar-refractivity contribution in [2.45, 2.75) is 52.4 Å². The largest absolute Gasteiger partial charge is 0.493 e. The minimum absolute atomic E-state index is 0.0120. The summed E-state index contributed by atoms with van der Waals surface area (Å²) in [7, 11) is 1.58. The molecular formula is C33H36N2O6. The van der Waals surface area contributed by atoms with Crippen molar-refractivity contribution in [2.75, 3.05) is 20.3 Å². The van der Waals surface area contributed by atoms with Gasteiger partial charge in [0.25, 0.3) is 0 Å². The smallest absolute Gasteiger partial charge is 0.349 e. The van der Waals surface area contributed by atoms with E-state index in [1.54, 1.807) is 25.3 Å². The second-order valence-electron chi connectivity index (χ2n) is 9.93. The average molecular weight is 557 g/mol. The Morgan fingerprint density at radius 3 is 2.49 bits per heavy atom. The molecule has 1 aliphatic rings. The maximum Gasteiger partial charge on any atom is 0.349 e. The minimum Gasteiger partial charge on any atom is -0.493 e. The van der Waals surface area contributed by atoms with Crippen LogP contribution in [-0.2, 0) is 4.79 Å². The first-order valence-electron chi connectivity index (χ1n) is 13.8. The molecule has 0 spiro atoms. The van der Waals surface area contributed by atoms with Gasteiger partial charge < -0.3 is 29.4 Å². The summed E-state index contributed by atoms with van der Waals surface area (Å²) >= 11 is 0. The van der Waals surface area contributed by atoms with Crippen LogP contribution in [0.5, 0.6) is 28.7 Å². The number of nitrogens with zero attached hydrogens (tertiary/aromatic N) is 1. The minimum atomic E-state index is -0.559. The topological polar surface area (TPSA) is 113 Å². The molecule has 1 aliphatic heterocycles. The zero-order valence-corrected chi connectivity index (χ0v) is 24.0. The third kappa shape index (κ3) is 6.93. The van der Waals surface area contributed by atoms with E-state index >= 15 is 0 Å². The summed E-state index contributed by atoms with van der Waals surface area (Å²) in [6.07, 6.45) is 4.42. The number of aryl methyl sites for hydroxylation is 2. The van der Waals surface area contributed by atoms with Crippen LogP contribution in [0.1, 0.15) is 60.8 Å². The normalized spacial score (nSPS) is 14.0. The molecule has 0 fully saturated rings. The molecule has 41 heavy (non-hydrogen) atoms. The molecule has 0 saturated carbocycles. The van der Waals surface area contributed by atoms with Crippen molar-refractivity contribution < 1.29 is 28.5 Å². The monoisotopic (exact) mass is 556 g/mol. The second-order valence-corrected chi connectivity index (χ2v) is 9.93. The van der Waals surface area contributed by atoms with Crippen LogP contribution in [0.3, 0.4) is 0 Å². The summed E-state index contributed by atoms with van der Waals surface area (Å²) in [5.74, 6) is 1.45. The fourth-order valence-electron chi connectivity index (χ4n) is 4.85. The van der Waals surface area contributed by atoms with Gasteiger partial charge in [-0.25, -0.2) is 4.79 Å². The Bertz CT molecular complexity index is 1450. The number of hydrogen-bond donors (Lipinski definition) is 1. The highest BCUT2D eigenvalue weighted by Crippen LogP contribution is 2.45. The van der Waals surface area contributed by atoms with Crippen LogP contribution in [0.2, 0.25) is 0 Å². The lowest BCUT2D eigenvalue weighted by atomic mass is 9.83. The van der Waals surface area contributed by atoms with Crippen molar-refractivity contribution in [3.8, 4) is 34.8 Å². The van der Waals surface area contributed by atoms with Gasteiger partial charge in [0.05, 0.1) is 19.6 Å². The van der Waals surface area contributed by atoms with Gasteiger partial charge in [0, 0.05) is 11.6 Å². The summed E-state index contributed by atoms with van der Waals surface area (Å²) in [5, 5.41) is 9.95. The molecule has 1 atom stereocenters. The number of para-hydroxylation sites is 1. The van der Waals surface area contributed by atoms with Gasteiger partial charge in [-0.15, -0.1) is 0 Å². The Hall–Kier alpha value is -4.64. The third-order valence-corrected chi connectivity index (χ3v) is 6.94. The SMILES string of the molecule is CCCCCCOc1ccc(C2C(C#N)=C(N)Oc3cc(OC(=O)COc4c(C)cccc4C)ccc32)cc1OC. The lowest BCUT2D eigenvalue weighted by Gasteiger charge is -2.27. The van der Waals surface area contributed by atoms with Gasteiger partial charge in [-0.1, -0.05) is 56.5 Å². The standard InChI is InChI=1S/C33H36N2O6/c1-5-6-7-8-16-38-27-15-12-23(17-29(27)37-4)31-25-14-13-24(18-28(25)41-33(35)26(31)19-34)40-30(36)20-39-32-21(2)10-9-11-22(32)3/h9-15,17-18,31H,5-8,16,20,35H2,1-4H3. The molecule has 2 N–H and O–H groups in total. The molecule has 0 saturated heterocycles. The highest BCUT2D eigenvalue weighted by Gasteiger charge is 2.32. The summed E-state index contributed by atoms with van der Waals surface area (Å²) in [5.41, 5.74) is 9.82. The average Bonchev–Trinajstić information content (AvgIpc) is 2.96. The zero-order chi connectivity index (χ0) is 29.4. The van der Waals surface area contributed by atoms with E-state index in [9.17, 15) is 10.1 Å². The number of carbonyl (C=O) groups is 1. The molecule has 3 aromatic rings. The van der Waals surface area contributed by atoms with Crippen LogP contribution < -0.4 is 29.4 Å². The van der Waals surface area contributed by atoms with E-state index < -0.39 is 11.9 Å². The van der Waals surface area contributed by atoms with E-state index in [2.05, 4.69) is 13.0 Å². The number of unbranched alkanes of at least 4 members (excludes halogenated alkanes) is 3. The number of carbonyl (C=O) groups excluding carboxylic acids is 1. The third-order valence-electron chi connectivity index (χ3n) is 6.94. The molecule has 0 amide bonds. The van der Waals surface area contributed by atoms with Gasteiger partial charge in [0.1, 0.15) is 28.9 Å². The van der Waals surface area contributed by atoms with E-state index in [1.165, 1.54) is 6.42 Å². The zero-order valence-electron chi connectivity index (χ0n) is 24.0. The maximum absolute atomic E-state index is 12.6. The number of hydrogen-bond acceptors (Lipinski definition) is 8. The van der Waals surface area contributed by atoms with Crippen LogP contribution in [0.4, 0.5) is 0 Å². The number of esters is 1. The molecule has 0 aromatic heterocycles. The number of fused-ring (bicyclic) bond motifs is 1. The molecule has 0 radical (unpaired) electrons. The molecule has 4 rings (SSSR count). The maximum atomic E-state index is 12.6. The molecule has 214 valence electrons. The fraction of sp³-hybridized carbons (Fsp3) is 0.333. The number of nitriles is 1. The van der Waals surface area contributed by atoms with E-state index in [0.29, 0.717) is 35.2 Å². The predicted octanol–water partition coefficient (Wildman–Crippen LogP) is 6.47. The predicted molar refractivity (Wildman–Crippen MR) is 155 cm³/mol. The highest BCUT2D eigenvalue weighted by molar-refractivity contribution is 5.74. The second kappa shape index (κ2) is 13.6. The number of ether oxygens (including phenoxy) is 5. The van der Waals surface area contributed by atoms with Gasteiger partial charge in [-0.05, 0) is 55.2 Å². The Morgan fingerprint density at radius 1 is 1.00 bits per heavy atom. The highest BCUT2D eigenvalue weighted by atomic mass is 16.6. The number of nitrogens with two attached hydrogens (primary N) is 1. The summed E-state index contributed by atoms with van der Waals surface area (Å²) in [6, 6.07) is 18.6. The van der Waals surface area contributed by atoms with Crippen molar-refractivity contribution in [3.63, 3.8) is 0 Å². The Balaban J connectivity index is 1.53. The lowest BCUT2D eigenvalue weighted by molar-refractivity contribution is -0.136. The molecule has 8 heteroatoms. The summed E-state index contributed by atoms with van der Waals surface area (Å²) < 4.78 is 28.6. The molecule has 0 bridgehead atoms. The Kier molecular flexibility index (Phi) is 9.75. The van der Waals surface area contributed by atoms with Gasteiger partial charge in [-0.3, -0.25) is 0 Å². The quantitative estimate of drug-likeness (QED) is 0.153. The summed E-state index contributed by atoms with van der Waals surface area (Å²) in [4.78, 5) is 12.6.